The van der Waals surface area contributed by atoms with Crippen LogP contribution in [0.5, 0.6) is 0 Å². The highest BCUT2D eigenvalue weighted by molar-refractivity contribution is 5.14. The Labute approximate surface area is 87.5 Å². The van der Waals surface area contributed by atoms with Gasteiger partial charge in [0.2, 0.25) is 0 Å². The van der Waals surface area contributed by atoms with Crippen LogP contribution in [0, 0.1) is 47.3 Å². The second kappa shape index (κ2) is 2.39. The molecule has 8 atom stereocenters. The van der Waals surface area contributed by atoms with Gasteiger partial charge >= 0.3 is 0 Å². The summed E-state index contributed by atoms with van der Waals surface area (Å²) in [6.07, 6.45) is 6.39. The van der Waals surface area contributed by atoms with Crippen LogP contribution >= 0.6 is 0 Å². The molecule has 2 bridgehead atoms. The molecule has 0 aromatic carbocycles. The summed E-state index contributed by atoms with van der Waals surface area (Å²) in [5.74, 6) is 9.23. The smallest absolute Gasteiger partial charge is 0.0321 e. The van der Waals surface area contributed by atoms with Gasteiger partial charge in [-0.3, -0.25) is 0 Å². The summed E-state index contributed by atoms with van der Waals surface area (Å²) >= 11 is 0. The minimum atomic E-state index is 1.07. The lowest BCUT2D eigenvalue weighted by Crippen LogP contribution is -2.50. The standard InChI is InChI=1S/C14H22/c1-7-8(2)14-12-6-11(13(7)14)9-4-3-5-10(9)12/h7-14H,3-6H2,1-2H3/t7-,8+,9+,10-,11+,12-,13+,14-. The van der Waals surface area contributed by atoms with Crippen molar-refractivity contribution in [2.75, 3.05) is 0 Å². The molecule has 78 valence electrons. The third-order valence-corrected chi connectivity index (χ3v) is 6.75. The quantitative estimate of drug-likeness (QED) is 0.548. The molecule has 0 spiro atoms. The van der Waals surface area contributed by atoms with E-state index in [-0.39, 0.29) is 0 Å². The van der Waals surface area contributed by atoms with Crippen molar-refractivity contribution in [3.63, 3.8) is 0 Å². The van der Waals surface area contributed by atoms with Crippen LogP contribution in [-0.4, -0.2) is 0 Å². The molecule has 0 heteroatoms. The minimum absolute atomic E-state index is 1.07. The van der Waals surface area contributed by atoms with Gasteiger partial charge in [0.25, 0.3) is 0 Å². The van der Waals surface area contributed by atoms with Crippen molar-refractivity contribution in [3.8, 4) is 0 Å². The molecule has 4 rings (SSSR count). The second-order valence-corrected chi connectivity index (χ2v) is 6.69. The highest BCUT2D eigenvalue weighted by Crippen LogP contribution is 2.72. The van der Waals surface area contributed by atoms with Crippen LogP contribution in [0.2, 0.25) is 0 Å². The van der Waals surface area contributed by atoms with Gasteiger partial charge in [-0.15, -0.1) is 0 Å². The van der Waals surface area contributed by atoms with Crippen LogP contribution in [0.3, 0.4) is 0 Å². The molecule has 0 heterocycles. The second-order valence-electron chi connectivity index (χ2n) is 6.69. The Hall–Kier alpha value is 0. The fourth-order valence-electron chi connectivity index (χ4n) is 6.24. The van der Waals surface area contributed by atoms with E-state index >= 15 is 0 Å². The topological polar surface area (TPSA) is 0 Å². The van der Waals surface area contributed by atoms with Crippen molar-refractivity contribution < 1.29 is 0 Å². The largest absolute Gasteiger partial charge is 0.0620 e. The molecule has 0 aromatic rings. The van der Waals surface area contributed by atoms with Gasteiger partial charge in [-0.2, -0.15) is 0 Å². The zero-order valence-corrected chi connectivity index (χ0v) is 9.45. The first-order valence-electron chi connectivity index (χ1n) is 6.79. The van der Waals surface area contributed by atoms with Crippen molar-refractivity contribution in [2.45, 2.75) is 39.5 Å². The van der Waals surface area contributed by atoms with Gasteiger partial charge < -0.3 is 0 Å². The van der Waals surface area contributed by atoms with Gasteiger partial charge in [-0.05, 0) is 66.6 Å². The van der Waals surface area contributed by atoms with E-state index in [9.17, 15) is 0 Å². The third kappa shape index (κ3) is 0.686. The predicted molar refractivity (Wildman–Crippen MR) is 57.7 cm³/mol. The van der Waals surface area contributed by atoms with Crippen molar-refractivity contribution in [1.82, 2.24) is 0 Å². The Morgan fingerprint density at radius 3 is 1.71 bits per heavy atom. The van der Waals surface area contributed by atoms with E-state index in [0.717, 1.165) is 11.8 Å². The molecule has 0 aliphatic heterocycles. The van der Waals surface area contributed by atoms with E-state index in [1.54, 1.807) is 25.7 Å². The van der Waals surface area contributed by atoms with Crippen LogP contribution in [0.25, 0.3) is 0 Å². The zero-order chi connectivity index (χ0) is 9.45. The average molecular weight is 190 g/mol. The Morgan fingerprint density at radius 1 is 0.714 bits per heavy atom. The van der Waals surface area contributed by atoms with Gasteiger partial charge in [-0.25, -0.2) is 0 Å². The van der Waals surface area contributed by atoms with Crippen molar-refractivity contribution in [3.05, 3.63) is 0 Å². The monoisotopic (exact) mass is 190 g/mol. The molecule has 0 aromatic heterocycles. The van der Waals surface area contributed by atoms with Gasteiger partial charge in [0.1, 0.15) is 0 Å². The predicted octanol–water partition coefficient (Wildman–Crippen LogP) is 3.57. The normalized spacial score (nSPS) is 69.0. The van der Waals surface area contributed by atoms with Crippen LogP contribution in [-0.2, 0) is 0 Å². The summed E-state index contributed by atoms with van der Waals surface area (Å²) in [5, 5.41) is 0. The average Bonchev–Trinajstić information content (AvgIpc) is 2.85. The van der Waals surface area contributed by atoms with Crippen LogP contribution in [0.1, 0.15) is 39.5 Å². The molecule has 4 aliphatic rings. The molecule has 4 saturated carbocycles. The Balaban J connectivity index is 1.70. The lowest BCUT2D eigenvalue weighted by Gasteiger charge is -2.55. The first-order chi connectivity index (χ1) is 6.79. The summed E-state index contributed by atoms with van der Waals surface area (Å²) in [7, 11) is 0. The Morgan fingerprint density at radius 2 is 1.21 bits per heavy atom. The van der Waals surface area contributed by atoms with E-state index in [1.165, 1.54) is 35.5 Å². The number of hydrogen-bond donors (Lipinski definition) is 0. The highest BCUT2D eigenvalue weighted by atomic mass is 14.7. The van der Waals surface area contributed by atoms with Crippen LogP contribution in [0.4, 0.5) is 0 Å². The first-order valence-corrected chi connectivity index (χ1v) is 6.79. The van der Waals surface area contributed by atoms with Gasteiger partial charge in [0.15, 0.2) is 0 Å². The summed E-state index contributed by atoms with van der Waals surface area (Å²) in [6.45, 7) is 5.05. The lowest BCUT2D eigenvalue weighted by molar-refractivity contribution is -0.0750. The SMILES string of the molecule is C[C@@H]1[C@H](C)[C@@H]2[C@@H]3C[C@@H]([C@H]4CCC[C@H]43)[C@H]12. The van der Waals surface area contributed by atoms with Crippen molar-refractivity contribution in [2.24, 2.45) is 47.3 Å². The van der Waals surface area contributed by atoms with E-state index in [1.807, 2.05) is 0 Å². The zero-order valence-electron chi connectivity index (χ0n) is 9.45. The molecule has 0 radical (unpaired) electrons. The molecule has 0 unspecified atom stereocenters. The first kappa shape index (κ1) is 8.19. The fourth-order valence-corrected chi connectivity index (χ4v) is 6.24. The lowest BCUT2D eigenvalue weighted by atomic mass is 9.50. The maximum atomic E-state index is 2.52. The maximum Gasteiger partial charge on any atom is -0.0321 e. The van der Waals surface area contributed by atoms with Crippen molar-refractivity contribution in [1.29, 1.82) is 0 Å². The van der Waals surface area contributed by atoms with Crippen LogP contribution < -0.4 is 0 Å². The third-order valence-electron chi connectivity index (χ3n) is 6.75. The molecule has 14 heavy (non-hydrogen) atoms. The summed E-state index contributed by atoms with van der Waals surface area (Å²) in [5.41, 5.74) is 0. The number of hydrogen-bond acceptors (Lipinski definition) is 0. The molecule has 0 saturated heterocycles. The molecule has 0 amide bonds. The maximum absolute atomic E-state index is 2.52. The van der Waals surface area contributed by atoms with Gasteiger partial charge in [0.05, 0.1) is 0 Å². The molecule has 4 fully saturated rings. The van der Waals surface area contributed by atoms with E-state index in [2.05, 4.69) is 13.8 Å². The van der Waals surface area contributed by atoms with Crippen LogP contribution in [0.15, 0.2) is 0 Å². The number of rotatable bonds is 0. The molecular formula is C14H22. The molecule has 0 nitrogen and oxygen atoms in total. The molecule has 4 aliphatic carbocycles. The summed E-state index contributed by atoms with van der Waals surface area (Å²) in [6, 6.07) is 0. The van der Waals surface area contributed by atoms with Gasteiger partial charge in [-0.1, -0.05) is 20.3 Å². The minimum Gasteiger partial charge on any atom is -0.0620 e. The van der Waals surface area contributed by atoms with Crippen molar-refractivity contribution >= 4 is 0 Å². The fraction of sp³-hybridized carbons (Fsp3) is 1.00. The van der Waals surface area contributed by atoms with E-state index in [4.69, 9.17) is 0 Å². The molecular weight excluding hydrogens is 168 g/mol. The van der Waals surface area contributed by atoms with E-state index < -0.39 is 0 Å². The molecule has 0 N–H and O–H groups in total. The Kier molecular flexibility index (Phi) is 1.40. The highest BCUT2D eigenvalue weighted by Gasteiger charge is 2.66. The Bertz CT molecular complexity index is 243. The number of fused-ring (bicyclic) bond motifs is 8. The summed E-state index contributed by atoms with van der Waals surface area (Å²) < 4.78 is 0. The summed E-state index contributed by atoms with van der Waals surface area (Å²) in [4.78, 5) is 0. The van der Waals surface area contributed by atoms with E-state index in [0.29, 0.717) is 0 Å². The van der Waals surface area contributed by atoms with Gasteiger partial charge in [0, 0.05) is 0 Å².